The summed E-state index contributed by atoms with van der Waals surface area (Å²) in [6.45, 7) is 2.60. The van der Waals surface area contributed by atoms with Crippen LogP contribution >= 0.6 is 11.6 Å². The number of anilines is 2. The van der Waals surface area contributed by atoms with Crippen LogP contribution in [0.3, 0.4) is 0 Å². The average molecular weight is 514 g/mol. The molecular weight excluding hydrogens is 487 g/mol. The normalized spacial score (nSPS) is 21.8. The molecule has 0 aliphatic carbocycles. The lowest BCUT2D eigenvalue weighted by atomic mass is 9.98. The van der Waals surface area contributed by atoms with Crippen molar-refractivity contribution in [3.63, 3.8) is 0 Å². The van der Waals surface area contributed by atoms with Gasteiger partial charge in [-0.1, -0.05) is 23.7 Å². The molecule has 2 fully saturated rings. The molecule has 0 aromatic heterocycles. The highest BCUT2D eigenvalue weighted by Crippen LogP contribution is 2.34. The van der Waals surface area contributed by atoms with Crippen LogP contribution in [0.4, 0.5) is 24.5 Å². The molecule has 1 spiro atoms. The minimum absolute atomic E-state index is 0.0994. The number of alkyl halides is 3. The van der Waals surface area contributed by atoms with Gasteiger partial charge in [0.05, 0.1) is 29.5 Å². The van der Waals surface area contributed by atoms with Crippen LogP contribution in [0.5, 0.6) is 5.75 Å². The molecule has 7 nitrogen and oxygen atoms in total. The summed E-state index contributed by atoms with van der Waals surface area (Å²) < 4.78 is 47.3. The molecule has 2 heterocycles. The van der Waals surface area contributed by atoms with E-state index in [-0.39, 0.29) is 30.7 Å². The summed E-state index contributed by atoms with van der Waals surface area (Å²) in [5, 5.41) is 13.3. The van der Waals surface area contributed by atoms with Gasteiger partial charge in [-0.15, -0.1) is 13.2 Å². The predicted octanol–water partition coefficient (Wildman–Crippen LogP) is 3.91. The Hall–Kier alpha value is -2.53. The summed E-state index contributed by atoms with van der Waals surface area (Å²) in [6.07, 6.45) is -3.91. The maximum Gasteiger partial charge on any atom is 0.573 e. The Labute approximate surface area is 206 Å². The van der Waals surface area contributed by atoms with Gasteiger partial charge in [0.25, 0.3) is 0 Å². The second-order valence-corrected chi connectivity index (χ2v) is 9.19. The van der Waals surface area contributed by atoms with E-state index in [0.29, 0.717) is 49.9 Å². The fourth-order valence-corrected chi connectivity index (χ4v) is 4.83. The van der Waals surface area contributed by atoms with Crippen LogP contribution in [-0.2, 0) is 9.53 Å². The summed E-state index contributed by atoms with van der Waals surface area (Å²) in [6, 6.07) is 12.3. The van der Waals surface area contributed by atoms with Crippen LogP contribution in [0.25, 0.3) is 0 Å². The molecule has 4 rings (SSSR count). The number of amides is 1. The van der Waals surface area contributed by atoms with Crippen LogP contribution in [0.1, 0.15) is 12.8 Å². The molecule has 2 aromatic carbocycles. The van der Waals surface area contributed by atoms with Crippen molar-refractivity contribution in [1.82, 2.24) is 4.90 Å². The van der Waals surface area contributed by atoms with Crippen molar-refractivity contribution < 1.29 is 32.5 Å². The summed E-state index contributed by atoms with van der Waals surface area (Å²) in [4.78, 5) is 16.7. The highest BCUT2D eigenvalue weighted by atomic mass is 35.5. The van der Waals surface area contributed by atoms with Gasteiger partial charge in [-0.3, -0.25) is 9.69 Å². The summed E-state index contributed by atoms with van der Waals surface area (Å²) >= 11 is 6.12. The second kappa shape index (κ2) is 10.6. The van der Waals surface area contributed by atoms with E-state index in [1.807, 2.05) is 0 Å². The number of aliphatic hydroxyl groups excluding tert-OH is 1. The predicted molar refractivity (Wildman–Crippen MR) is 126 cm³/mol. The Bertz CT molecular complexity index is 1020. The topological polar surface area (TPSA) is 74.3 Å². The van der Waals surface area contributed by atoms with Crippen LogP contribution in [0, 0.1) is 0 Å². The highest BCUT2D eigenvalue weighted by Gasteiger charge is 2.44. The lowest BCUT2D eigenvalue weighted by molar-refractivity contribution is -0.274. The molecule has 2 unspecified atom stereocenters. The first kappa shape index (κ1) is 25.6. The van der Waals surface area contributed by atoms with Gasteiger partial charge in [0.1, 0.15) is 5.75 Å². The van der Waals surface area contributed by atoms with E-state index in [9.17, 15) is 23.1 Å². The highest BCUT2D eigenvalue weighted by molar-refractivity contribution is 6.33. The SMILES string of the molecule is O=C(CC(CO)N1CCOC2(CCN(c3ccc(OC(F)(F)F)cc3)C2)C1)Nc1ccccc1Cl. The first-order chi connectivity index (χ1) is 16.7. The molecule has 2 aliphatic heterocycles. The quantitative estimate of drug-likeness (QED) is 0.585. The maximum absolute atomic E-state index is 12.6. The molecule has 2 aliphatic rings. The van der Waals surface area contributed by atoms with Gasteiger partial charge in [0, 0.05) is 44.3 Å². The molecule has 190 valence electrons. The van der Waals surface area contributed by atoms with Crippen LogP contribution in [0.15, 0.2) is 48.5 Å². The minimum atomic E-state index is -4.73. The maximum atomic E-state index is 12.6. The third-order valence-electron chi connectivity index (χ3n) is 6.33. The molecule has 2 saturated heterocycles. The molecule has 35 heavy (non-hydrogen) atoms. The van der Waals surface area contributed by atoms with Crippen molar-refractivity contribution in [2.45, 2.75) is 30.8 Å². The number of halogens is 4. The van der Waals surface area contributed by atoms with Gasteiger partial charge < -0.3 is 24.8 Å². The zero-order valence-corrected chi connectivity index (χ0v) is 19.7. The van der Waals surface area contributed by atoms with E-state index < -0.39 is 12.0 Å². The third-order valence-corrected chi connectivity index (χ3v) is 6.66. The van der Waals surface area contributed by atoms with E-state index in [1.54, 1.807) is 36.4 Å². The lowest BCUT2D eigenvalue weighted by Crippen LogP contribution is -2.57. The van der Waals surface area contributed by atoms with Gasteiger partial charge in [-0.2, -0.15) is 0 Å². The molecule has 1 amide bonds. The van der Waals surface area contributed by atoms with Gasteiger partial charge in [0.2, 0.25) is 5.91 Å². The molecule has 11 heteroatoms. The minimum Gasteiger partial charge on any atom is -0.406 e. The first-order valence-electron chi connectivity index (χ1n) is 11.3. The average Bonchev–Trinajstić information content (AvgIpc) is 3.21. The Morgan fingerprint density at radius 2 is 1.91 bits per heavy atom. The number of ether oxygens (including phenoxy) is 2. The number of morpholine rings is 1. The molecule has 2 atom stereocenters. The van der Waals surface area contributed by atoms with Crippen LogP contribution < -0.4 is 15.0 Å². The Morgan fingerprint density at radius 1 is 1.17 bits per heavy atom. The van der Waals surface area contributed by atoms with E-state index in [2.05, 4.69) is 19.9 Å². The zero-order chi connectivity index (χ0) is 25.1. The fraction of sp³-hybridized carbons (Fsp3) is 0.458. The van der Waals surface area contributed by atoms with Gasteiger partial charge in [-0.05, 0) is 42.8 Å². The number of hydrogen-bond acceptors (Lipinski definition) is 6. The number of rotatable bonds is 7. The number of carbonyl (C=O) groups excluding carboxylic acids is 1. The monoisotopic (exact) mass is 513 g/mol. The van der Waals surface area contributed by atoms with Crippen molar-refractivity contribution in [3.05, 3.63) is 53.6 Å². The van der Waals surface area contributed by atoms with Gasteiger partial charge in [-0.25, -0.2) is 0 Å². The van der Waals surface area contributed by atoms with Gasteiger partial charge >= 0.3 is 6.36 Å². The molecule has 0 bridgehead atoms. The Balaban J connectivity index is 1.36. The van der Waals surface area contributed by atoms with E-state index in [4.69, 9.17) is 16.3 Å². The largest absolute Gasteiger partial charge is 0.573 e. The molecule has 0 saturated carbocycles. The van der Waals surface area contributed by atoms with Crippen molar-refractivity contribution in [3.8, 4) is 5.75 Å². The summed E-state index contributed by atoms with van der Waals surface area (Å²) in [5.41, 5.74) is 0.800. The number of benzene rings is 2. The molecular formula is C24H27ClF3N3O4. The van der Waals surface area contributed by atoms with E-state index in [0.717, 1.165) is 5.69 Å². The molecule has 0 radical (unpaired) electrons. The van der Waals surface area contributed by atoms with Crippen molar-refractivity contribution in [2.75, 3.05) is 49.6 Å². The standard InChI is InChI=1S/C24H27ClF3N3O4/c25-20-3-1-2-4-21(20)29-22(33)13-18(14-32)31-11-12-34-23(16-31)9-10-30(15-23)17-5-7-19(8-6-17)35-24(26,27)28/h1-8,18,32H,9-16H2,(H,29,33). The van der Waals surface area contributed by atoms with E-state index >= 15 is 0 Å². The number of hydrogen-bond donors (Lipinski definition) is 2. The second-order valence-electron chi connectivity index (χ2n) is 8.78. The number of aliphatic hydroxyl groups is 1. The lowest BCUT2D eigenvalue weighted by Gasteiger charge is -2.43. The van der Waals surface area contributed by atoms with Crippen molar-refractivity contribution in [1.29, 1.82) is 0 Å². The first-order valence-corrected chi connectivity index (χ1v) is 11.7. The van der Waals surface area contributed by atoms with Crippen LogP contribution in [0.2, 0.25) is 5.02 Å². The zero-order valence-electron chi connectivity index (χ0n) is 18.9. The third kappa shape index (κ3) is 6.58. The van der Waals surface area contributed by atoms with Crippen LogP contribution in [-0.4, -0.2) is 73.3 Å². The Kier molecular flexibility index (Phi) is 7.75. The smallest absolute Gasteiger partial charge is 0.406 e. The number of nitrogens with one attached hydrogen (secondary N) is 1. The van der Waals surface area contributed by atoms with E-state index in [1.165, 1.54) is 12.1 Å². The summed E-state index contributed by atoms with van der Waals surface area (Å²) in [5.74, 6) is -0.511. The van der Waals surface area contributed by atoms with Crippen molar-refractivity contribution >= 4 is 28.9 Å². The number of carbonyl (C=O) groups is 1. The Morgan fingerprint density at radius 3 is 2.60 bits per heavy atom. The van der Waals surface area contributed by atoms with Crippen molar-refractivity contribution in [2.24, 2.45) is 0 Å². The number of nitrogens with zero attached hydrogens (tertiary/aromatic N) is 2. The number of para-hydroxylation sites is 1. The molecule has 2 aromatic rings. The summed E-state index contributed by atoms with van der Waals surface area (Å²) in [7, 11) is 0. The molecule has 2 N–H and O–H groups in total. The fourth-order valence-electron chi connectivity index (χ4n) is 4.64. The van der Waals surface area contributed by atoms with Gasteiger partial charge in [0.15, 0.2) is 0 Å².